The van der Waals surface area contributed by atoms with E-state index in [0.717, 1.165) is 13.1 Å². The average Bonchev–Trinajstić information content (AvgIpc) is 3.25. The molecule has 0 aliphatic carbocycles. The van der Waals surface area contributed by atoms with Gasteiger partial charge in [0.2, 0.25) is 0 Å². The molecule has 144 valence electrons. The number of nitrogens with zero attached hydrogens (tertiary/aromatic N) is 1. The summed E-state index contributed by atoms with van der Waals surface area (Å²) in [4.78, 5) is 2.46. The van der Waals surface area contributed by atoms with E-state index in [1.54, 1.807) is 0 Å². The normalized spacial score (nSPS) is 16.3. The van der Waals surface area contributed by atoms with Crippen molar-refractivity contribution in [1.29, 1.82) is 0 Å². The number of anilines is 1. The van der Waals surface area contributed by atoms with Crippen molar-refractivity contribution in [3.05, 3.63) is 101 Å². The van der Waals surface area contributed by atoms with Gasteiger partial charge < -0.3 is 14.4 Å². The summed E-state index contributed by atoms with van der Waals surface area (Å²) in [5, 5.41) is 0. The van der Waals surface area contributed by atoms with Crippen LogP contribution in [0.1, 0.15) is 33.9 Å². The maximum Gasteiger partial charge on any atom is 0.147 e. The van der Waals surface area contributed by atoms with Crippen molar-refractivity contribution in [2.24, 2.45) is 0 Å². The fourth-order valence-electron chi connectivity index (χ4n) is 3.86. The number of ether oxygens (including phenoxy) is 2. The zero-order valence-electron chi connectivity index (χ0n) is 16.6. The van der Waals surface area contributed by atoms with Gasteiger partial charge in [-0.1, -0.05) is 66.7 Å². The van der Waals surface area contributed by atoms with Crippen LogP contribution in [0.25, 0.3) is 0 Å². The van der Waals surface area contributed by atoms with E-state index in [9.17, 15) is 0 Å². The molecule has 1 aliphatic rings. The van der Waals surface area contributed by atoms with E-state index in [1.807, 2.05) is 0 Å². The second-order valence-corrected chi connectivity index (χ2v) is 7.47. The Hall–Kier alpha value is -2.62. The first-order valence-corrected chi connectivity index (χ1v) is 9.84. The van der Waals surface area contributed by atoms with Gasteiger partial charge in [0.05, 0.1) is 6.61 Å². The highest BCUT2D eigenvalue weighted by atomic mass is 16.7. The van der Waals surface area contributed by atoms with Gasteiger partial charge in [0.15, 0.2) is 0 Å². The first-order chi connectivity index (χ1) is 13.7. The van der Waals surface area contributed by atoms with Gasteiger partial charge in [-0.3, -0.25) is 0 Å². The minimum atomic E-state index is 0.0458. The Morgan fingerprint density at radius 2 is 1.43 bits per heavy atom. The van der Waals surface area contributed by atoms with Crippen LogP contribution < -0.4 is 4.90 Å². The Bertz CT molecular complexity index is 861. The Kier molecular flexibility index (Phi) is 5.75. The van der Waals surface area contributed by atoms with Gasteiger partial charge in [0.25, 0.3) is 0 Å². The van der Waals surface area contributed by atoms with Crippen LogP contribution in [-0.2, 0) is 22.6 Å². The second kappa shape index (κ2) is 8.59. The minimum absolute atomic E-state index is 0.0458. The lowest BCUT2D eigenvalue weighted by Gasteiger charge is -2.28. The molecule has 0 radical (unpaired) electrons. The smallest absolute Gasteiger partial charge is 0.147 e. The van der Waals surface area contributed by atoms with Crippen molar-refractivity contribution in [3.8, 4) is 0 Å². The first kappa shape index (κ1) is 18.7. The summed E-state index contributed by atoms with van der Waals surface area (Å²) in [6.45, 7) is 7.13. The summed E-state index contributed by atoms with van der Waals surface area (Å²) >= 11 is 0. The van der Waals surface area contributed by atoms with Crippen LogP contribution in [0.3, 0.4) is 0 Å². The van der Waals surface area contributed by atoms with Crippen LogP contribution in [0.2, 0.25) is 0 Å². The van der Waals surface area contributed by atoms with Crippen molar-refractivity contribution < 1.29 is 9.47 Å². The zero-order valence-corrected chi connectivity index (χ0v) is 16.6. The number of benzene rings is 3. The average molecular weight is 373 g/mol. The van der Waals surface area contributed by atoms with E-state index in [2.05, 4.69) is 91.5 Å². The number of rotatable bonds is 6. The molecule has 1 atom stereocenters. The van der Waals surface area contributed by atoms with E-state index in [4.69, 9.17) is 9.47 Å². The van der Waals surface area contributed by atoms with Gasteiger partial charge in [0.1, 0.15) is 12.9 Å². The zero-order chi connectivity index (χ0) is 19.3. The molecule has 0 amide bonds. The molecule has 0 saturated carbocycles. The maximum absolute atomic E-state index is 5.73. The largest absolute Gasteiger partial charge is 0.363 e. The maximum atomic E-state index is 5.73. The lowest BCUT2D eigenvalue weighted by Crippen LogP contribution is -2.23. The Labute approximate surface area is 167 Å². The molecule has 1 unspecified atom stereocenters. The van der Waals surface area contributed by atoms with Gasteiger partial charge in [-0.25, -0.2) is 0 Å². The van der Waals surface area contributed by atoms with E-state index in [-0.39, 0.29) is 6.10 Å². The topological polar surface area (TPSA) is 21.7 Å². The van der Waals surface area contributed by atoms with Gasteiger partial charge in [-0.2, -0.15) is 0 Å². The molecule has 0 N–H and O–H groups in total. The molecule has 0 spiro atoms. The molecule has 3 heteroatoms. The number of hydrogen-bond donors (Lipinski definition) is 0. The molecule has 3 nitrogen and oxygen atoms in total. The molecule has 3 aromatic rings. The summed E-state index contributed by atoms with van der Waals surface area (Å²) in [5.41, 5.74) is 7.65. The van der Waals surface area contributed by atoms with Crippen LogP contribution in [0.5, 0.6) is 0 Å². The molecular weight excluding hydrogens is 346 g/mol. The molecule has 3 aromatic carbocycles. The Morgan fingerprint density at radius 3 is 1.96 bits per heavy atom. The van der Waals surface area contributed by atoms with Crippen LogP contribution in [-0.4, -0.2) is 13.4 Å². The van der Waals surface area contributed by atoms with E-state index in [0.29, 0.717) is 13.4 Å². The fraction of sp³-hybridized carbons (Fsp3) is 0.280. The number of hydrogen-bond acceptors (Lipinski definition) is 3. The van der Waals surface area contributed by atoms with Gasteiger partial charge in [-0.15, -0.1) is 0 Å². The Morgan fingerprint density at radius 1 is 0.821 bits per heavy atom. The quantitative estimate of drug-likeness (QED) is 0.565. The third-order valence-corrected chi connectivity index (χ3v) is 5.33. The highest BCUT2D eigenvalue weighted by Gasteiger charge is 2.22. The fourth-order valence-corrected chi connectivity index (χ4v) is 3.86. The van der Waals surface area contributed by atoms with E-state index >= 15 is 0 Å². The predicted octanol–water partition coefficient (Wildman–Crippen LogP) is 5.56. The lowest BCUT2D eigenvalue weighted by molar-refractivity contribution is 0.0464. The number of aryl methyl sites for hydroxylation is 2. The predicted molar refractivity (Wildman–Crippen MR) is 113 cm³/mol. The third-order valence-electron chi connectivity index (χ3n) is 5.33. The van der Waals surface area contributed by atoms with Gasteiger partial charge in [0, 0.05) is 18.8 Å². The molecule has 1 fully saturated rings. The molecular formula is C25H27NO2. The lowest BCUT2D eigenvalue weighted by atomic mass is 9.98. The molecule has 1 aliphatic heterocycles. The van der Waals surface area contributed by atoms with Gasteiger partial charge in [-0.05, 0) is 47.7 Å². The molecule has 1 heterocycles. The van der Waals surface area contributed by atoms with E-state index < -0.39 is 0 Å². The van der Waals surface area contributed by atoms with Crippen LogP contribution in [0.15, 0.2) is 72.8 Å². The van der Waals surface area contributed by atoms with Crippen molar-refractivity contribution in [2.45, 2.75) is 33.0 Å². The minimum Gasteiger partial charge on any atom is -0.363 e. The molecule has 4 rings (SSSR count). The highest BCUT2D eigenvalue weighted by molar-refractivity contribution is 5.58. The van der Waals surface area contributed by atoms with Crippen LogP contribution in [0, 0.1) is 13.8 Å². The van der Waals surface area contributed by atoms with Crippen LogP contribution >= 0.6 is 0 Å². The van der Waals surface area contributed by atoms with Crippen molar-refractivity contribution in [1.82, 2.24) is 0 Å². The first-order valence-electron chi connectivity index (χ1n) is 9.84. The standard InChI is InChI=1S/C25H27NO2/c1-19-14-24(20(2)13-23(19)25-17-27-18-28-25)26(15-21-9-5-3-6-10-21)16-22-11-7-4-8-12-22/h3-14,25H,15-18H2,1-2H3. The second-order valence-electron chi connectivity index (χ2n) is 7.47. The monoisotopic (exact) mass is 373 g/mol. The highest BCUT2D eigenvalue weighted by Crippen LogP contribution is 2.32. The SMILES string of the molecule is Cc1cc(N(Cc2ccccc2)Cc2ccccc2)c(C)cc1C1COCO1. The van der Waals surface area contributed by atoms with Crippen LogP contribution in [0.4, 0.5) is 5.69 Å². The summed E-state index contributed by atoms with van der Waals surface area (Å²) in [6.07, 6.45) is 0.0458. The summed E-state index contributed by atoms with van der Waals surface area (Å²) in [5.74, 6) is 0. The van der Waals surface area contributed by atoms with Crippen molar-refractivity contribution in [3.63, 3.8) is 0 Å². The Balaban J connectivity index is 1.67. The third kappa shape index (κ3) is 4.27. The molecule has 0 bridgehead atoms. The van der Waals surface area contributed by atoms with Crippen molar-refractivity contribution in [2.75, 3.05) is 18.3 Å². The van der Waals surface area contributed by atoms with Gasteiger partial charge >= 0.3 is 0 Å². The summed E-state index contributed by atoms with van der Waals surface area (Å²) in [6, 6.07) is 25.9. The molecule has 0 aromatic heterocycles. The van der Waals surface area contributed by atoms with Crippen molar-refractivity contribution >= 4 is 5.69 Å². The summed E-state index contributed by atoms with van der Waals surface area (Å²) in [7, 11) is 0. The molecule has 28 heavy (non-hydrogen) atoms. The summed E-state index contributed by atoms with van der Waals surface area (Å²) < 4.78 is 11.1. The molecule has 1 saturated heterocycles. The van der Waals surface area contributed by atoms with E-state index in [1.165, 1.54) is 33.5 Å².